The van der Waals surface area contributed by atoms with Crippen molar-refractivity contribution in [2.45, 2.75) is 23.5 Å². The molecule has 0 N–H and O–H groups in total. The summed E-state index contributed by atoms with van der Waals surface area (Å²) in [6, 6.07) is 11.7. The summed E-state index contributed by atoms with van der Waals surface area (Å²) in [6.45, 7) is 1.83. The standard InChI is InChI=1S/C18H22O5S/c1-5-18(24(19,20)13-9-7-6-8-10-13)14-11-16(22-3)17(23-4)12-15(14)21-2/h6-12,18H,5H2,1-4H3. The lowest BCUT2D eigenvalue weighted by molar-refractivity contribution is 0.347. The maximum Gasteiger partial charge on any atom is 0.185 e. The Hall–Kier alpha value is -2.21. The third-order valence-electron chi connectivity index (χ3n) is 3.90. The predicted molar refractivity (Wildman–Crippen MR) is 92.8 cm³/mol. The number of sulfone groups is 1. The molecule has 2 aromatic rings. The van der Waals surface area contributed by atoms with E-state index in [1.165, 1.54) is 21.3 Å². The smallest absolute Gasteiger partial charge is 0.185 e. The van der Waals surface area contributed by atoms with Crippen LogP contribution in [0.15, 0.2) is 47.4 Å². The van der Waals surface area contributed by atoms with Gasteiger partial charge in [-0.05, 0) is 24.6 Å². The maximum absolute atomic E-state index is 13.1. The van der Waals surface area contributed by atoms with Gasteiger partial charge in [-0.25, -0.2) is 8.42 Å². The van der Waals surface area contributed by atoms with Crippen molar-refractivity contribution in [3.8, 4) is 17.2 Å². The lowest BCUT2D eigenvalue weighted by Crippen LogP contribution is -2.14. The fraction of sp³-hybridized carbons (Fsp3) is 0.333. The molecule has 2 aromatic carbocycles. The van der Waals surface area contributed by atoms with Gasteiger partial charge < -0.3 is 14.2 Å². The average molecular weight is 350 g/mol. The Morgan fingerprint density at radius 2 is 1.42 bits per heavy atom. The molecule has 0 fully saturated rings. The fourth-order valence-electron chi connectivity index (χ4n) is 2.69. The highest BCUT2D eigenvalue weighted by Crippen LogP contribution is 2.42. The zero-order chi connectivity index (χ0) is 17.7. The first-order chi connectivity index (χ1) is 11.5. The van der Waals surface area contributed by atoms with Crippen molar-refractivity contribution in [2.75, 3.05) is 21.3 Å². The van der Waals surface area contributed by atoms with E-state index in [1.807, 2.05) is 6.92 Å². The molecule has 0 aliphatic heterocycles. The van der Waals surface area contributed by atoms with Crippen molar-refractivity contribution in [1.82, 2.24) is 0 Å². The lowest BCUT2D eigenvalue weighted by atomic mass is 10.1. The van der Waals surface area contributed by atoms with Crippen LogP contribution in [-0.4, -0.2) is 29.7 Å². The van der Waals surface area contributed by atoms with Crippen molar-refractivity contribution < 1.29 is 22.6 Å². The lowest BCUT2D eigenvalue weighted by Gasteiger charge is -2.21. The van der Waals surface area contributed by atoms with Crippen molar-refractivity contribution in [1.29, 1.82) is 0 Å². The zero-order valence-corrected chi connectivity index (χ0v) is 15.1. The third-order valence-corrected chi connectivity index (χ3v) is 6.17. The van der Waals surface area contributed by atoms with Crippen molar-refractivity contribution >= 4 is 9.84 Å². The summed E-state index contributed by atoms with van der Waals surface area (Å²) in [5, 5.41) is -0.741. The molecule has 6 heteroatoms. The number of ether oxygens (including phenoxy) is 3. The van der Waals surface area contributed by atoms with Crippen LogP contribution in [0, 0.1) is 0 Å². The van der Waals surface area contributed by atoms with Gasteiger partial charge in [0.25, 0.3) is 0 Å². The second-order valence-electron chi connectivity index (χ2n) is 5.20. The Morgan fingerprint density at radius 3 is 1.92 bits per heavy atom. The van der Waals surface area contributed by atoms with Crippen LogP contribution in [0.5, 0.6) is 17.2 Å². The summed E-state index contributed by atoms with van der Waals surface area (Å²) >= 11 is 0. The molecule has 0 spiro atoms. The highest BCUT2D eigenvalue weighted by atomic mass is 32.2. The minimum absolute atomic E-state index is 0.286. The number of rotatable bonds is 7. The monoisotopic (exact) mass is 350 g/mol. The van der Waals surface area contributed by atoms with Crippen LogP contribution in [0.4, 0.5) is 0 Å². The van der Waals surface area contributed by atoms with E-state index in [1.54, 1.807) is 42.5 Å². The van der Waals surface area contributed by atoms with E-state index in [2.05, 4.69) is 0 Å². The molecule has 24 heavy (non-hydrogen) atoms. The first kappa shape index (κ1) is 18.1. The van der Waals surface area contributed by atoms with Crippen LogP contribution in [-0.2, 0) is 9.84 Å². The second kappa shape index (κ2) is 7.57. The van der Waals surface area contributed by atoms with Gasteiger partial charge in [-0.1, -0.05) is 25.1 Å². The van der Waals surface area contributed by atoms with Crippen molar-refractivity contribution in [3.05, 3.63) is 48.0 Å². The summed E-state index contributed by atoms with van der Waals surface area (Å²) in [7, 11) is 0.986. The largest absolute Gasteiger partial charge is 0.496 e. The molecular weight excluding hydrogens is 328 g/mol. The minimum atomic E-state index is -3.56. The summed E-state index contributed by atoms with van der Waals surface area (Å²) in [6.07, 6.45) is 0.406. The first-order valence-electron chi connectivity index (χ1n) is 7.58. The van der Waals surface area contributed by atoms with Crippen LogP contribution in [0.1, 0.15) is 24.2 Å². The number of hydrogen-bond acceptors (Lipinski definition) is 5. The average Bonchev–Trinajstić information content (AvgIpc) is 2.62. The molecule has 1 atom stereocenters. The molecule has 1 unspecified atom stereocenters. The van der Waals surface area contributed by atoms with Crippen LogP contribution in [0.25, 0.3) is 0 Å². The van der Waals surface area contributed by atoms with Crippen LogP contribution >= 0.6 is 0 Å². The normalized spacial score (nSPS) is 12.5. The van der Waals surface area contributed by atoms with E-state index in [0.717, 1.165) is 0 Å². The molecule has 0 aliphatic rings. The van der Waals surface area contributed by atoms with Gasteiger partial charge >= 0.3 is 0 Å². The van der Waals surface area contributed by atoms with Gasteiger partial charge in [0.05, 0.1) is 31.5 Å². The molecule has 0 aromatic heterocycles. The zero-order valence-electron chi connectivity index (χ0n) is 14.3. The van der Waals surface area contributed by atoms with Crippen molar-refractivity contribution in [3.63, 3.8) is 0 Å². The summed E-state index contributed by atoms with van der Waals surface area (Å²) < 4.78 is 42.1. The molecule has 0 radical (unpaired) electrons. The van der Waals surface area contributed by atoms with Crippen LogP contribution in [0.2, 0.25) is 0 Å². The van der Waals surface area contributed by atoms with Gasteiger partial charge in [0.1, 0.15) is 5.75 Å². The fourth-order valence-corrected chi connectivity index (χ4v) is 4.51. The van der Waals surface area contributed by atoms with Crippen LogP contribution < -0.4 is 14.2 Å². The van der Waals surface area contributed by atoms with E-state index in [0.29, 0.717) is 29.2 Å². The predicted octanol–water partition coefficient (Wildman–Crippen LogP) is 3.64. The second-order valence-corrected chi connectivity index (χ2v) is 7.33. The van der Waals surface area contributed by atoms with E-state index in [9.17, 15) is 8.42 Å². The molecule has 0 amide bonds. The summed E-state index contributed by atoms with van der Waals surface area (Å²) in [5.74, 6) is 1.42. The molecule has 0 heterocycles. The van der Waals surface area contributed by atoms with Gasteiger partial charge in [-0.3, -0.25) is 0 Å². The molecule has 130 valence electrons. The van der Waals surface area contributed by atoms with E-state index in [4.69, 9.17) is 14.2 Å². The molecule has 2 rings (SSSR count). The Labute approximate surface area is 143 Å². The van der Waals surface area contributed by atoms with Gasteiger partial charge in [-0.2, -0.15) is 0 Å². The first-order valence-corrected chi connectivity index (χ1v) is 9.13. The van der Waals surface area contributed by atoms with E-state index < -0.39 is 15.1 Å². The number of hydrogen-bond donors (Lipinski definition) is 0. The van der Waals surface area contributed by atoms with E-state index in [-0.39, 0.29) is 4.90 Å². The Bertz CT molecular complexity index is 785. The van der Waals surface area contributed by atoms with Gasteiger partial charge in [0, 0.05) is 11.6 Å². The Morgan fingerprint density at radius 1 is 0.875 bits per heavy atom. The quantitative estimate of drug-likeness (QED) is 0.763. The molecule has 5 nitrogen and oxygen atoms in total. The summed E-state index contributed by atoms with van der Waals surface area (Å²) in [5.41, 5.74) is 0.557. The molecule has 0 saturated heterocycles. The van der Waals surface area contributed by atoms with E-state index >= 15 is 0 Å². The minimum Gasteiger partial charge on any atom is -0.496 e. The molecular formula is C18H22O5S. The Kier molecular flexibility index (Phi) is 5.72. The molecule has 0 aliphatic carbocycles. The highest BCUT2D eigenvalue weighted by molar-refractivity contribution is 7.91. The highest BCUT2D eigenvalue weighted by Gasteiger charge is 2.31. The van der Waals surface area contributed by atoms with Gasteiger partial charge in [-0.15, -0.1) is 0 Å². The SMILES string of the molecule is CCC(c1cc(OC)c(OC)cc1OC)S(=O)(=O)c1ccccc1. The summed E-state index contributed by atoms with van der Waals surface area (Å²) in [4.78, 5) is 0.286. The number of benzene rings is 2. The third kappa shape index (κ3) is 3.33. The van der Waals surface area contributed by atoms with Crippen LogP contribution in [0.3, 0.4) is 0 Å². The van der Waals surface area contributed by atoms with Gasteiger partial charge in [0.15, 0.2) is 21.3 Å². The van der Waals surface area contributed by atoms with Gasteiger partial charge in [0.2, 0.25) is 0 Å². The molecule has 0 bridgehead atoms. The molecule has 0 saturated carbocycles. The van der Waals surface area contributed by atoms with Crippen molar-refractivity contribution in [2.24, 2.45) is 0 Å². The number of methoxy groups -OCH3 is 3. The topological polar surface area (TPSA) is 61.8 Å². The maximum atomic E-state index is 13.1. The Balaban J connectivity index is 2.63.